The van der Waals surface area contributed by atoms with Crippen molar-refractivity contribution in [3.8, 4) is 0 Å². The number of esters is 1. The number of alkyl halides is 1. The van der Waals surface area contributed by atoms with E-state index in [0.717, 1.165) is 7.11 Å². The molecule has 1 rings (SSSR count). The number of methoxy groups -OCH3 is 1. The molecule has 0 saturated carbocycles. The number of halogens is 1. The van der Waals surface area contributed by atoms with E-state index in [2.05, 4.69) is 4.74 Å². The molecule has 0 fully saturated rings. The van der Waals surface area contributed by atoms with Crippen LogP contribution in [0.15, 0.2) is 18.2 Å². The second-order valence-electron chi connectivity index (χ2n) is 3.00. The van der Waals surface area contributed by atoms with Gasteiger partial charge in [-0.25, -0.2) is 4.79 Å². The average molecular weight is 227 g/mol. The van der Waals surface area contributed by atoms with Gasteiger partial charge in [-0.1, -0.05) is 12.1 Å². The van der Waals surface area contributed by atoms with E-state index in [-0.39, 0.29) is 23.2 Å². The van der Waals surface area contributed by atoms with Gasteiger partial charge >= 0.3 is 5.97 Å². The summed E-state index contributed by atoms with van der Waals surface area (Å²) >= 11 is 0. The van der Waals surface area contributed by atoms with Crippen LogP contribution < -0.4 is 0 Å². The summed E-state index contributed by atoms with van der Waals surface area (Å²) in [5.41, 5.74) is -0.346. The van der Waals surface area contributed by atoms with E-state index in [1.54, 1.807) is 0 Å². The lowest BCUT2D eigenvalue weighted by Crippen LogP contribution is -2.08. The Balaban J connectivity index is 3.32. The molecule has 1 aromatic carbocycles. The monoisotopic (exact) mass is 227 g/mol. The molecule has 0 aliphatic heterocycles. The highest BCUT2D eigenvalue weighted by molar-refractivity contribution is 5.94. The first kappa shape index (κ1) is 12.1. The summed E-state index contributed by atoms with van der Waals surface area (Å²) < 4.78 is 16.6. The van der Waals surface area contributed by atoms with Gasteiger partial charge in [0.15, 0.2) is 0 Å². The standard InChI is InChI=1S/C10H10FNO4/c1-16-10(13)8-4-2-3-7(5-6-11)9(8)12(14)15/h2-4H,5-6H2,1H3. The first-order chi connectivity index (χ1) is 7.61. The highest BCUT2D eigenvalue weighted by Crippen LogP contribution is 2.25. The van der Waals surface area contributed by atoms with Crippen molar-refractivity contribution in [1.29, 1.82) is 0 Å². The Morgan fingerprint density at radius 2 is 2.25 bits per heavy atom. The number of hydrogen-bond acceptors (Lipinski definition) is 4. The minimum atomic E-state index is -0.799. The zero-order valence-corrected chi connectivity index (χ0v) is 8.60. The van der Waals surface area contributed by atoms with Gasteiger partial charge in [0.1, 0.15) is 5.56 Å². The lowest BCUT2D eigenvalue weighted by molar-refractivity contribution is -0.385. The van der Waals surface area contributed by atoms with Crippen molar-refractivity contribution in [3.05, 3.63) is 39.4 Å². The molecule has 0 heterocycles. The van der Waals surface area contributed by atoms with Gasteiger partial charge in [-0.05, 0) is 6.07 Å². The van der Waals surface area contributed by atoms with E-state index >= 15 is 0 Å². The lowest BCUT2D eigenvalue weighted by atomic mass is 10.1. The number of benzene rings is 1. The third kappa shape index (κ3) is 2.33. The van der Waals surface area contributed by atoms with Crippen molar-refractivity contribution in [2.24, 2.45) is 0 Å². The maximum absolute atomic E-state index is 12.2. The molecule has 0 unspecified atom stereocenters. The molecule has 6 heteroatoms. The topological polar surface area (TPSA) is 69.4 Å². The fraction of sp³-hybridized carbons (Fsp3) is 0.300. The molecule has 0 radical (unpaired) electrons. The summed E-state index contributed by atoms with van der Waals surface area (Å²) in [4.78, 5) is 21.4. The van der Waals surface area contributed by atoms with Crippen LogP contribution in [0.3, 0.4) is 0 Å². The van der Waals surface area contributed by atoms with Crippen molar-refractivity contribution >= 4 is 11.7 Å². The maximum atomic E-state index is 12.2. The Labute approximate surface area is 91.0 Å². The fourth-order valence-corrected chi connectivity index (χ4v) is 1.39. The number of carbonyl (C=O) groups is 1. The highest BCUT2D eigenvalue weighted by atomic mass is 19.1. The Kier molecular flexibility index (Phi) is 3.93. The molecule has 0 aliphatic carbocycles. The number of ether oxygens (including phenoxy) is 1. The molecule has 16 heavy (non-hydrogen) atoms. The molecule has 0 aromatic heterocycles. The van der Waals surface area contributed by atoms with Crippen molar-refractivity contribution in [1.82, 2.24) is 0 Å². The first-order valence-electron chi connectivity index (χ1n) is 4.52. The Hall–Kier alpha value is -1.98. The summed E-state index contributed by atoms with van der Waals surface area (Å²) in [5.74, 6) is -0.799. The molecule has 0 saturated heterocycles. The quantitative estimate of drug-likeness (QED) is 0.447. The number of hydrogen-bond donors (Lipinski definition) is 0. The number of nitro groups is 1. The van der Waals surface area contributed by atoms with E-state index in [4.69, 9.17) is 0 Å². The summed E-state index contributed by atoms with van der Waals surface area (Å²) in [7, 11) is 1.13. The van der Waals surface area contributed by atoms with Gasteiger partial charge in [0, 0.05) is 12.0 Å². The van der Waals surface area contributed by atoms with Gasteiger partial charge in [0.25, 0.3) is 5.69 Å². The third-order valence-electron chi connectivity index (χ3n) is 2.07. The van der Waals surface area contributed by atoms with Gasteiger partial charge in [0.2, 0.25) is 0 Å². The van der Waals surface area contributed by atoms with Crippen LogP contribution in [0.4, 0.5) is 10.1 Å². The van der Waals surface area contributed by atoms with E-state index in [0.29, 0.717) is 0 Å². The van der Waals surface area contributed by atoms with Crippen LogP contribution in [-0.4, -0.2) is 24.7 Å². The maximum Gasteiger partial charge on any atom is 0.344 e. The molecule has 0 spiro atoms. The molecule has 0 aliphatic rings. The van der Waals surface area contributed by atoms with Crippen molar-refractivity contribution in [3.63, 3.8) is 0 Å². The largest absolute Gasteiger partial charge is 0.465 e. The van der Waals surface area contributed by atoms with Crippen LogP contribution >= 0.6 is 0 Å². The lowest BCUT2D eigenvalue weighted by Gasteiger charge is -2.04. The van der Waals surface area contributed by atoms with Crippen LogP contribution in [-0.2, 0) is 11.2 Å². The number of nitro benzene ring substituents is 1. The minimum absolute atomic E-state index is 0.0961. The number of para-hydroxylation sites is 1. The zero-order chi connectivity index (χ0) is 12.1. The Morgan fingerprint density at radius 3 is 2.75 bits per heavy atom. The predicted molar refractivity (Wildman–Crippen MR) is 54.1 cm³/mol. The van der Waals surface area contributed by atoms with Gasteiger partial charge in [-0.3, -0.25) is 14.5 Å². The molecule has 1 aromatic rings. The second kappa shape index (κ2) is 5.20. The molecule has 86 valence electrons. The Morgan fingerprint density at radius 1 is 1.56 bits per heavy atom. The SMILES string of the molecule is COC(=O)c1cccc(CCF)c1[N+](=O)[O-]. The van der Waals surface area contributed by atoms with Gasteiger partial charge in [-0.2, -0.15) is 0 Å². The molecular formula is C10H10FNO4. The van der Waals surface area contributed by atoms with E-state index in [1.807, 2.05) is 0 Å². The fourth-order valence-electron chi connectivity index (χ4n) is 1.39. The molecule has 0 atom stereocenters. The van der Waals surface area contributed by atoms with Gasteiger partial charge in [-0.15, -0.1) is 0 Å². The molecule has 0 bridgehead atoms. The normalized spacial score (nSPS) is 9.88. The number of nitrogens with zero attached hydrogens (tertiary/aromatic N) is 1. The summed E-state index contributed by atoms with van der Waals surface area (Å²) in [6, 6.07) is 4.17. The zero-order valence-electron chi connectivity index (χ0n) is 8.60. The van der Waals surface area contributed by atoms with E-state index < -0.39 is 17.6 Å². The van der Waals surface area contributed by atoms with E-state index in [9.17, 15) is 19.3 Å². The summed E-state index contributed by atoms with van der Waals surface area (Å²) in [6.45, 7) is -0.717. The van der Waals surface area contributed by atoms with Crippen molar-refractivity contribution < 1.29 is 18.8 Å². The van der Waals surface area contributed by atoms with Crippen LogP contribution in [0.25, 0.3) is 0 Å². The van der Waals surface area contributed by atoms with Crippen LogP contribution in [0.2, 0.25) is 0 Å². The van der Waals surface area contributed by atoms with Crippen LogP contribution in [0.1, 0.15) is 15.9 Å². The third-order valence-corrected chi connectivity index (χ3v) is 2.07. The number of rotatable bonds is 4. The van der Waals surface area contributed by atoms with Crippen LogP contribution in [0.5, 0.6) is 0 Å². The van der Waals surface area contributed by atoms with Gasteiger partial charge < -0.3 is 4.74 Å². The number of carbonyl (C=O) groups excluding carboxylic acids is 1. The van der Waals surface area contributed by atoms with E-state index in [1.165, 1.54) is 18.2 Å². The summed E-state index contributed by atoms with van der Waals surface area (Å²) in [6.07, 6.45) is -0.0961. The Bertz CT molecular complexity index is 419. The number of aryl methyl sites for hydroxylation is 1. The van der Waals surface area contributed by atoms with Crippen molar-refractivity contribution in [2.75, 3.05) is 13.8 Å². The second-order valence-corrected chi connectivity index (χ2v) is 3.00. The summed E-state index contributed by atoms with van der Waals surface area (Å²) in [5, 5.41) is 10.8. The minimum Gasteiger partial charge on any atom is -0.465 e. The predicted octanol–water partition coefficient (Wildman–Crippen LogP) is 1.89. The van der Waals surface area contributed by atoms with Gasteiger partial charge in [0.05, 0.1) is 18.7 Å². The smallest absolute Gasteiger partial charge is 0.344 e. The molecule has 0 amide bonds. The highest BCUT2D eigenvalue weighted by Gasteiger charge is 2.24. The molecule has 5 nitrogen and oxygen atoms in total. The molecular weight excluding hydrogens is 217 g/mol. The first-order valence-corrected chi connectivity index (χ1v) is 4.52. The van der Waals surface area contributed by atoms with Crippen LogP contribution in [0, 0.1) is 10.1 Å². The van der Waals surface area contributed by atoms with Crippen molar-refractivity contribution in [2.45, 2.75) is 6.42 Å². The molecule has 0 N–H and O–H groups in total. The average Bonchev–Trinajstić information content (AvgIpc) is 2.27.